The Kier molecular flexibility index (Phi) is 2.45. The van der Waals surface area contributed by atoms with Gasteiger partial charge >= 0.3 is 5.97 Å². The van der Waals surface area contributed by atoms with Gasteiger partial charge in [0.15, 0.2) is 0 Å². The second kappa shape index (κ2) is 3.91. The van der Waals surface area contributed by atoms with Crippen molar-refractivity contribution in [3.05, 3.63) is 36.4 Å². The molecule has 2 rings (SSSR count). The number of hydrogen-bond acceptors (Lipinski definition) is 3. The van der Waals surface area contributed by atoms with E-state index >= 15 is 0 Å². The molecule has 5 heteroatoms. The van der Waals surface area contributed by atoms with Crippen molar-refractivity contribution in [1.29, 1.82) is 0 Å². The van der Waals surface area contributed by atoms with Crippen LogP contribution in [0.1, 0.15) is 12.1 Å². The maximum atomic E-state index is 10.3. The number of carboxylic acids is 1. The number of nitrogens with zero attached hydrogens (tertiary/aromatic N) is 3. The molecule has 0 atom stereocenters. The summed E-state index contributed by atoms with van der Waals surface area (Å²) in [6.07, 6.45) is 8.45. The van der Waals surface area contributed by atoms with Crippen LogP contribution in [-0.4, -0.2) is 25.4 Å². The average molecular weight is 203 g/mol. The molecule has 0 fully saturated rings. The Morgan fingerprint density at radius 1 is 1.53 bits per heavy atom. The van der Waals surface area contributed by atoms with E-state index in [1.54, 1.807) is 35.0 Å². The summed E-state index contributed by atoms with van der Waals surface area (Å²) in [5.74, 6) is -0.245. The van der Waals surface area contributed by atoms with Crippen molar-refractivity contribution in [2.75, 3.05) is 0 Å². The van der Waals surface area contributed by atoms with Crippen LogP contribution in [0.3, 0.4) is 0 Å². The van der Waals surface area contributed by atoms with Crippen molar-refractivity contribution in [3.63, 3.8) is 0 Å². The number of imidazole rings is 1. The number of carboxylic acid groups (broad SMARTS) is 1. The highest BCUT2D eigenvalue weighted by Crippen LogP contribution is 2.05. The molecule has 76 valence electrons. The molecule has 0 bridgehead atoms. The second-order valence-corrected chi connectivity index (χ2v) is 2.97. The smallest absolute Gasteiger partial charge is 0.307 e. The van der Waals surface area contributed by atoms with Gasteiger partial charge < -0.3 is 5.11 Å². The fraction of sp³-hybridized carbons (Fsp3) is 0.100. The van der Waals surface area contributed by atoms with E-state index in [9.17, 15) is 4.79 Å². The Hall–Kier alpha value is -2.17. The molecule has 0 radical (unpaired) electrons. The Morgan fingerprint density at radius 3 is 3.20 bits per heavy atom. The molecule has 0 aliphatic heterocycles. The number of aliphatic carboxylic acids is 1. The first kappa shape index (κ1) is 9.39. The number of rotatable bonds is 3. The van der Waals surface area contributed by atoms with E-state index in [1.165, 1.54) is 0 Å². The van der Waals surface area contributed by atoms with Crippen LogP contribution in [-0.2, 0) is 4.79 Å². The van der Waals surface area contributed by atoms with Crippen LogP contribution in [0.2, 0.25) is 0 Å². The molecule has 0 unspecified atom stereocenters. The first-order valence-electron chi connectivity index (χ1n) is 4.44. The normalized spacial score (nSPS) is 11.2. The maximum Gasteiger partial charge on any atom is 0.307 e. The van der Waals surface area contributed by atoms with Crippen molar-refractivity contribution < 1.29 is 9.90 Å². The summed E-state index contributed by atoms with van der Waals surface area (Å²) in [6, 6.07) is 1.79. The SMILES string of the molecule is O=C(O)CC=Cc1cnc2ncccn12. The van der Waals surface area contributed by atoms with Crippen molar-refractivity contribution in [2.45, 2.75) is 6.42 Å². The summed E-state index contributed by atoms with van der Waals surface area (Å²) >= 11 is 0. The highest BCUT2D eigenvalue weighted by molar-refractivity contribution is 5.70. The van der Waals surface area contributed by atoms with Crippen LogP contribution in [0, 0.1) is 0 Å². The van der Waals surface area contributed by atoms with Gasteiger partial charge in [-0.15, -0.1) is 0 Å². The van der Waals surface area contributed by atoms with E-state index < -0.39 is 5.97 Å². The molecule has 0 saturated heterocycles. The standard InChI is InChI=1S/C10H9N3O2/c14-9(15)4-1-3-8-7-12-10-11-5-2-6-13(8)10/h1-3,5-7H,4H2,(H,14,15). The van der Waals surface area contributed by atoms with E-state index in [2.05, 4.69) is 9.97 Å². The highest BCUT2D eigenvalue weighted by atomic mass is 16.4. The van der Waals surface area contributed by atoms with Crippen LogP contribution in [0.5, 0.6) is 0 Å². The van der Waals surface area contributed by atoms with Gasteiger partial charge in [0.1, 0.15) is 0 Å². The largest absolute Gasteiger partial charge is 0.481 e. The molecule has 2 heterocycles. The first-order valence-corrected chi connectivity index (χ1v) is 4.44. The molecular weight excluding hydrogens is 194 g/mol. The molecule has 2 aromatic rings. The molecule has 0 saturated carbocycles. The van der Waals surface area contributed by atoms with Gasteiger partial charge in [0.2, 0.25) is 5.78 Å². The second-order valence-electron chi connectivity index (χ2n) is 2.97. The summed E-state index contributed by atoms with van der Waals surface area (Å²) in [6.45, 7) is 0. The molecule has 0 aliphatic rings. The number of fused-ring (bicyclic) bond motifs is 1. The predicted molar refractivity (Wildman–Crippen MR) is 54.3 cm³/mol. The van der Waals surface area contributed by atoms with E-state index in [0.29, 0.717) is 5.78 Å². The lowest BCUT2D eigenvalue weighted by atomic mass is 10.3. The zero-order valence-corrected chi connectivity index (χ0v) is 7.87. The van der Waals surface area contributed by atoms with E-state index in [-0.39, 0.29) is 6.42 Å². The van der Waals surface area contributed by atoms with Gasteiger partial charge in [-0.3, -0.25) is 9.20 Å². The van der Waals surface area contributed by atoms with Crippen LogP contribution < -0.4 is 0 Å². The van der Waals surface area contributed by atoms with Crippen LogP contribution in [0.25, 0.3) is 11.9 Å². The molecular formula is C10H9N3O2. The molecule has 15 heavy (non-hydrogen) atoms. The summed E-state index contributed by atoms with van der Waals surface area (Å²) in [5, 5.41) is 8.47. The molecule has 5 nitrogen and oxygen atoms in total. The zero-order valence-electron chi connectivity index (χ0n) is 7.87. The molecule has 2 aromatic heterocycles. The van der Waals surface area contributed by atoms with E-state index in [1.807, 2.05) is 6.20 Å². The molecule has 1 N–H and O–H groups in total. The van der Waals surface area contributed by atoms with Gasteiger partial charge in [-0.25, -0.2) is 9.97 Å². The highest BCUT2D eigenvalue weighted by Gasteiger charge is 1.99. The summed E-state index contributed by atoms with van der Waals surface area (Å²) in [7, 11) is 0. The fourth-order valence-corrected chi connectivity index (χ4v) is 1.25. The van der Waals surface area contributed by atoms with Gasteiger partial charge in [-0.05, 0) is 12.1 Å². The molecule has 0 aromatic carbocycles. The molecule has 0 amide bonds. The van der Waals surface area contributed by atoms with Crippen molar-refractivity contribution in [2.24, 2.45) is 0 Å². The van der Waals surface area contributed by atoms with E-state index in [4.69, 9.17) is 5.11 Å². The van der Waals surface area contributed by atoms with Gasteiger partial charge in [0, 0.05) is 12.4 Å². The number of hydrogen-bond donors (Lipinski definition) is 1. The lowest BCUT2D eigenvalue weighted by Gasteiger charge is -1.93. The maximum absolute atomic E-state index is 10.3. The van der Waals surface area contributed by atoms with Crippen LogP contribution in [0.15, 0.2) is 30.7 Å². The van der Waals surface area contributed by atoms with Gasteiger partial charge in [-0.2, -0.15) is 0 Å². The Bertz CT molecular complexity index is 516. The topological polar surface area (TPSA) is 67.5 Å². The minimum absolute atomic E-state index is 0.00744. The van der Waals surface area contributed by atoms with Crippen molar-refractivity contribution >= 4 is 17.8 Å². The average Bonchev–Trinajstić information content (AvgIpc) is 2.62. The van der Waals surface area contributed by atoms with Gasteiger partial charge in [-0.1, -0.05) is 6.08 Å². The van der Waals surface area contributed by atoms with Crippen molar-refractivity contribution in [3.8, 4) is 0 Å². The third kappa shape index (κ3) is 2.01. The minimum Gasteiger partial charge on any atom is -0.481 e. The van der Waals surface area contributed by atoms with Crippen molar-refractivity contribution in [1.82, 2.24) is 14.4 Å². The quantitative estimate of drug-likeness (QED) is 0.814. The monoisotopic (exact) mass is 203 g/mol. The lowest BCUT2D eigenvalue weighted by molar-refractivity contribution is -0.135. The Morgan fingerprint density at radius 2 is 2.40 bits per heavy atom. The van der Waals surface area contributed by atoms with E-state index in [0.717, 1.165) is 5.69 Å². The fourth-order valence-electron chi connectivity index (χ4n) is 1.25. The zero-order chi connectivity index (χ0) is 10.7. The molecule has 0 spiro atoms. The van der Waals surface area contributed by atoms with Gasteiger partial charge in [0.25, 0.3) is 0 Å². The number of carbonyl (C=O) groups is 1. The van der Waals surface area contributed by atoms with Crippen LogP contribution >= 0.6 is 0 Å². The molecule has 0 aliphatic carbocycles. The lowest BCUT2D eigenvalue weighted by Crippen LogP contribution is -1.91. The Labute approximate surface area is 85.7 Å². The van der Waals surface area contributed by atoms with Crippen LogP contribution in [0.4, 0.5) is 0 Å². The Balaban J connectivity index is 2.28. The minimum atomic E-state index is -0.849. The third-order valence-corrected chi connectivity index (χ3v) is 1.90. The number of aromatic nitrogens is 3. The van der Waals surface area contributed by atoms with Gasteiger partial charge in [0.05, 0.1) is 18.3 Å². The predicted octanol–water partition coefficient (Wildman–Crippen LogP) is 1.22. The summed E-state index contributed by atoms with van der Waals surface area (Å²) < 4.78 is 1.79. The third-order valence-electron chi connectivity index (χ3n) is 1.90. The summed E-state index contributed by atoms with van der Waals surface area (Å²) in [4.78, 5) is 18.4. The first-order chi connectivity index (χ1) is 7.27. The summed E-state index contributed by atoms with van der Waals surface area (Å²) in [5.41, 5.74) is 0.819.